The van der Waals surface area contributed by atoms with Gasteiger partial charge in [0.15, 0.2) is 17.9 Å². The zero-order valence-corrected chi connectivity index (χ0v) is 12.3. The molecule has 0 aromatic carbocycles. The van der Waals surface area contributed by atoms with Gasteiger partial charge in [-0.3, -0.25) is 0 Å². The number of ether oxygens (including phenoxy) is 6. The van der Waals surface area contributed by atoms with Gasteiger partial charge in [0.05, 0.1) is 6.26 Å². The molecular formula is C14H22O6. The Bertz CT molecular complexity index is 393. The van der Waals surface area contributed by atoms with Crippen LogP contribution in [0.2, 0.25) is 0 Å². The molecule has 0 radical (unpaired) electrons. The average Bonchev–Trinajstić information content (AvgIpc) is 2.80. The van der Waals surface area contributed by atoms with Gasteiger partial charge in [0.1, 0.15) is 31.0 Å². The van der Waals surface area contributed by atoms with Crippen LogP contribution in [0.4, 0.5) is 0 Å². The molecule has 0 amide bonds. The molecule has 3 fully saturated rings. The second kappa shape index (κ2) is 4.68. The second-order valence-electron chi connectivity index (χ2n) is 6.21. The van der Waals surface area contributed by atoms with E-state index in [0.717, 1.165) is 0 Å². The predicted molar refractivity (Wildman–Crippen MR) is 68.7 cm³/mol. The maximum Gasteiger partial charge on any atom is 0.190 e. The van der Waals surface area contributed by atoms with Gasteiger partial charge in [-0.05, 0) is 27.7 Å². The fraction of sp³-hybridized carbons (Fsp3) is 0.857. The van der Waals surface area contributed by atoms with Crippen molar-refractivity contribution in [3.8, 4) is 0 Å². The summed E-state index contributed by atoms with van der Waals surface area (Å²) < 4.78 is 34.8. The van der Waals surface area contributed by atoms with Crippen molar-refractivity contribution in [1.29, 1.82) is 0 Å². The first kappa shape index (κ1) is 14.3. The Labute approximate surface area is 118 Å². The highest BCUT2D eigenvalue weighted by Crippen LogP contribution is 2.44. The summed E-state index contributed by atoms with van der Waals surface area (Å²) in [5, 5.41) is 0. The van der Waals surface area contributed by atoms with E-state index in [1.54, 1.807) is 0 Å². The van der Waals surface area contributed by atoms with Crippen molar-refractivity contribution in [1.82, 2.24) is 0 Å². The highest BCUT2D eigenvalue weighted by atomic mass is 16.9. The maximum atomic E-state index is 5.98. The first-order chi connectivity index (χ1) is 9.31. The lowest BCUT2D eigenvalue weighted by Crippen LogP contribution is -2.56. The lowest BCUT2D eigenvalue weighted by atomic mass is 9.99. The standard InChI is InChI=1S/C14H22O6/c1-6-15-7-8-9-10(18-13(2,3)17-9)11-12(16-8)20-14(4,5)19-11/h6,8-12H,1,7H2,2-5H3/t8-,9+,10+,11-,12-/m1/s1. The first-order valence-electron chi connectivity index (χ1n) is 6.90. The van der Waals surface area contributed by atoms with Crippen LogP contribution in [0.1, 0.15) is 27.7 Å². The van der Waals surface area contributed by atoms with E-state index in [-0.39, 0.29) is 24.4 Å². The monoisotopic (exact) mass is 286 g/mol. The quantitative estimate of drug-likeness (QED) is 0.734. The molecule has 114 valence electrons. The Morgan fingerprint density at radius 2 is 1.55 bits per heavy atom. The van der Waals surface area contributed by atoms with Gasteiger partial charge in [-0.1, -0.05) is 6.58 Å². The Morgan fingerprint density at radius 3 is 2.25 bits per heavy atom. The molecule has 0 aliphatic carbocycles. The summed E-state index contributed by atoms with van der Waals surface area (Å²) >= 11 is 0. The molecule has 3 aliphatic heterocycles. The minimum atomic E-state index is -0.690. The highest BCUT2D eigenvalue weighted by molar-refractivity contribution is 5.00. The molecule has 0 unspecified atom stereocenters. The summed E-state index contributed by atoms with van der Waals surface area (Å²) in [7, 11) is 0. The van der Waals surface area contributed by atoms with Gasteiger partial charge in [0.2, 0.25) is 0 Å². The SMILES string of the molecule is C=COC[C@H]1O[C@@H]2OC(C)(C)O[C@@H]2[C@H]2OC(C)(C)O[C@H]21. The third kappa shape index (κ3) is 2.46. The second-order valence-corrected chi connectivity index (χ2v) is 6.21. The smallest absolute Gasteiger partial charge is 0.190 e. The predicted octanol–water partition coefficient (Wildman–Crippen LogP) is 1.54. The molecule has 20 heavy (non-hydrogen) atoms. The van der Waals surface area contributed by atoms with Crippen molar-refractivity contribution in [3.63, 3.8) is 0 Å². The van der Waals surface area contributed by atoms with E-state index >= 15 is 0 Å². The summed E-state index contributed by atoms with van der Waals surface area (Å²) in [5.74, 6) is -1.36. The third-order valence-electron chi connectivity index (χ3n) is 3.63. The Balaban J connectivity index is 1.82. The van der Waals surface area contributed by atoms with E-state index in [0.29, 0.717) is 6.61 Å². The van der Waals surface area contributed by atoms with Gasteiger partial charge in [-0.25, -0.2) is 0 Å². The van der Waals surface area contributed by atoms with Crippen molar-refractivity contribution in [3.05, 3.63) is 12.8 Å². The van der Waals surface area contributed by atoms with Crippen LogP contribution < -0.4 is 0 Å². The molecule has 6 heteroatoms. The Hall–Kier alpha value is -0.660. The zero-order chi connectivity index (χ0) is 14.5. The molecule has 0 saturated carbocycles. The van der Waals surface area contributed by atoms with Crippen molar-refractivity contribution in [2.45, 2.75) is 70.0 Å². The van der Waals surface area contributed by atoms with Crippen LogP contribution in [0, 0.1) is 0 Å². The summed E-state index contributed by atoms with van der Waals surface area (Å²) in [6.45, 7) is 11.4. The lowest BCUT2D eigenvalue weighted by molar-refractivity contribution is -0.240. The van der Waals surface area contributed by atoms with E-state index in [1.165, 1.54) is 6.26 Å². The highest BCUT2D eigenvalue weighted by Gasteiger charge is 2.60. The largest absolute Gasteiger partial charge is 0.499 e. The van der Waals surface area contributed by atoms with Crippen molar-refractivity contribution >= 4 is 0 Å². The first-order valence-corrected chi connectivity index (χ1v) is 6.90. The van der Waals surface area contributed by atoms with Gasteiger partial charge in [-0.2, -0.15) is 0 Å². The molecule has 3 saturated heterocycles. The summed E-state index contributed by atoms with van der Waals surface area (Å²) in [6, 6.07) is 0. The summed E-state index contributed by atoms with van der Waals surface area (Å²) in [6.07, 6.45) is -0.133. The number of hydrogen-bond acceptors (Lipinski definition) is 6. The number of hydrogen-bond donors (Lipinski definition) is 0. The van der Waals surface area contributed by atoms with Crippen LogP contribution in [0.15, 0.2) is 12.8 Å². The van der Waals surface area contributed by atoms with Crippen LogP contribution in [0.25, 0.3) is 0 Å². The molecule has 5 atom stereocenters. The van der Waals surface area contributed by atoms with Gasteiger partial charge in [-0.15, -0.1) is 0 Å². The molecule has 6 nitrogen and oxygen atoms in total. The normalized spacial score (nSPS) is 44.7. The number of fused-ring (bicyclic) bond motifs is 3. The van der Waals surface area contributed by atoms with Crippen molar-refractivity contribution < 1.29 is 28.4 Å². The van der Waals surface area contributed by atoms with Crippen molar-refractivity contribution in [2.24, 2.45) is 0 Å². The van der Waals surface area contributed by atoms with E-state index in [2.05, 4.69) is 6.58 Å². The van der Waals surface area contributed by atoms with Crippen LogP contribution in [0.5, 0.6) is 0 Å². The van der Waals surface area contributed by atoms with E-state index in [4.69, 9.17) is 28.4 Å². The van der Waals surface area contributed by atoms with Crippen LogP contribution in [-0.2, 0) is 28.4 Å². The fourth-order valence-electron chi connectivity index (χ4n) is 2.99. The molecule has 3 rings (SSSR count). The molecule has 0 aromatic heterocycles. The van der Waals surface area contributed by atoms with Crippen LogP contribution in [0.3, 0.4) is 0 Å². The Morgan fingerprint density at radius 1 is 0.950 bits per heavy atom. The van der Waals surface area contributed by atoms with E-state index in [1.807, 2.05) is 27.7 Å². The van der Waals surface area contributed by atoms with Gasteiger partial charge in [0, 0.05) is 0 Å². The van der Waals surface area contributed by atoms with Gasteiger partial charge in [0.25, 0.3) is 0 Å². The zero-order valence-electron chi connectivity index (χ0n) is 12.3. The number of rotatable bonds is 3. The van der Waals surface area contributed by atoms with Crippen LogP contribution in [-0.4, -0.2) is 48.9 Å². The Kier molecular flexibility index (Phi) is 3.34. The topological polar surface area (TPSA) is 55.4 Å². The minimum Gasteiger partial charge on any atom is -0.499 e. The van der Waals surface area contributed by atoms with E-state index < -0.39 is 17.9 Å². The molecular weight excluding hydrogens is 264 g/mol. The van der Waals surface area contributed by atoms with Crippen molar-refractivity contribution in [2.75, 3.05) is 6.61 Å². The minimum absolute atomic E-state index is 0.232. The molecule has 0 N–H and O–H groups in total. The molecule has 3 aliphatic rings. The third-order valence-corrected chi connectivity index (χ3v) is 3.63. The maximum absolute atomic E-state index is 5.98. The molecule has 0 bridgehead atoms. The van der Waals surface area contributed by atoms with E-state index in [9.17, 15) is 0 Å². The molecule has 0 aromatic rings. The lowest BCUT2D eigenvalue weighted by Gasteiger charge is -2.36. The molecule has 0 spiro atoms. The van der Waals surface area contributed by atoms with Gasteiger partial charge >= 0.3 is 0 Å². The fourth-order valence-corrected chi connectivity index (χ4v) is 2.99. The summed E-state index contributed by atoms with van der Waals surface area (Å²) in [4.78, 5) is 0. The molecule has 3 heterocycles. The van der Waals surface area contributed by atoms with Gasteiger partial charge < -0.3 is 28.4 Å². The summed E-state index contributed by atoms with van der Waals surface area (Å²) in [5.41, 5.74) is 0. The average molecular weight is 286 g/mol. The van der Waals surface area contributed by atoms with Crippen LogP contribution >= 0.6 is 0 Å².